The lowest BCUT2D eigenvalue weighted by Crippen LogP contribution is -2.35. The molecule has 3 rings (SSSR count). The number of hydrogen-bond donors (Lipinski definition) is 2. The molecule has 1 aromatic carbocycles. The highest BCUT2D eigenvalue weighted by Crippen LogP contribution is 2.16. The standard InChI is InChI=1S/C16H19FN4O2S/c17-12-3-1-11(2-4-12)9-18-15(23)16-20-19-14(24-16)10-21-7-5-13(22)6-8-21/h1-4,13,22H,5-10H2,(H,18,23). The van der Waals surface area contributed by atoms with Crippen LogP contribution in [0.1, 0.15) is 33.2 Å². The smallest absolute Gasteiger partial charge is 0.282 e. The first-order valence-corrected chi connectivity index (χ1v) is 8.67. The third-order valence-electron chi connectivity index (χ3n) is 3.94. The third kappa shape index (κ3) is 4.56. The van der Waals surface area contributed by atoms with Crippen molar-refractivity contribution in [1.82, 2.24) is 20.4 Å². The van der Waals surface area contributed by atoms with E-state index in [1.165, 1.54) is 23.5 Å². The van der Waals surface area contributed by atoms with E-state index >= 15 is 0 Å². The number of nitrogens with one attached hydrogen (secondary N) is 1. The van der Waals surface area contributed by atoms with Gasteiger partial charge in [-0.2, -0.15) is 0 Å². The van der Waals surface area contributed by atoms with Gasteiger partial charge in [-0.1, -0.05) is 23.5 Å². The van der Waals surface area contributed by atoms with Crippen molar-refractivity contribution in [2.75, 3.05) is 13.1 Å². The summed E-state index contributed by atoms with van der Waals surface area (Å²) < 4.78 is 12.8. The Labute approximate surface area is 143 Å². The van der Waals surface area contributed by atoms with E-state index in [0.717, 1.165) is 36.5 Å². The van der Waals surface area contributed by atoms with Gasteiger partial charge in [0.2, 0.25) is 5.01 Å². The number of likely N-dealkylation sites (tertiary alicyclic amines) is 1. The van der Waals surface area contributed by atoms with Crippen molar-refractivity contribution in [1.29, 1.82) is 0 Å². The summed E-state index contributed by atoms with van der Waals surface area (Å²) >= 11 is 1.27. The first-order valence-electron chi connectivity index (χ1n) is 7.85. The second kappa shape index (κ2) is 7.78. The van der Waals surface area contributed by atoms with E-state index in [1.807, 2.05) is 0 Å². The molecule has 8 heteroatoms. The summed E-state index contributed by atoms with van der Waals surface area (Å²) in [5.74, 6) is -0.582. The molecule has 1 aliphatic rings. The maximum atomic E-state index is 12.8. The second-order valence-corrected chi connectivity index (χ2v) is 6.88. The van der Waals surface area contributed by atoms with Gasteiger partial charge in [0, 0.05) is 19.6 Å². The molecule has 0 bridgehead atoms. The molecule has 2 N–H and O–H groups in total. The maximum Gasteiger partial charge on any atom is 0.282 e. The monoisotopic (exact) mass is 350 g/mol. The van der Waals surface area contributed by atoms with E-state index in [2.05, 4.69) is 20.4 Å². The number of aliphatic hydroxyl groups excluding tert-OH is 1. The number of benzene rings is 1. The number of carbonyl (C=O) groups excluding carboxylic acids is 1. The number of piperidine rings is 1. The van der Waals surface area contributed by atoms with Crippen molar-refractivity contribution in [2.24, 2.45) is 0 Å². The molecule has 1 amide bonds. The average molecular weight is 350 g/mol. The molecule has 1 aliphatic heterocycles. The number of rotatable bonds is 5. The van der Waals surface area contributed by atoms with Crippen LogP contribution in [0.25, 0.3) is 0 Å². The Balaban J connectivity index is 1.50. The Morgan fingerprint density at radius 2 is 2.00 bits per heavy atom. The topological polar surface area (TPSA) is 78.4 Å². The second-order valence-electron chi connectivity index (χ2n) is 5.82. The normalized spacial score (nSPS) is 16.2. The van der Waals surface area contributed by atoms with Gasteiger partial charge in [0.15, 0.2) is 0 Å². The lowest BCUT2D eigenvalue weighted by Gasteiger charge is -2.28. The van der Waals surface area contributed by atoms with Crippen LogP contribution in [-0.4, -0.2) is 45.3 Å². The van der Waals surface area contributed by atoms with E-state index in [-0.39, 0.29) is 17.8 Å². The van der Waals surface area contributed by atoms with Crippen molar-refractivity contribution < 1.29 is 14.3 Å². The zero-order valence-corrected chi connectivity index (χ0v) is 13.9. The Morgan fingerprint density at radius 3 is 2.71 bits per heavy atom. The third-order valence-corrected chi connectivity index (χ3v) is 4.85. The first-order chi connectivity index (χ1) is 11.6. The zero-order valence-electron chi connectivity index (χ0n) is 13.1. The highest BCUT2D eigenvalue weighted by Gasteiger charge is 2.19. The van der Waals surface area contributed by atoms with Gasteiger partial charge in [-0.25, -0.2) is 4.39 Å². The van der Waals surface area contributed by atoms with E-state index in [0.29, 0.717) is 18.1 Å². The molecule has 0 aliphatic carbocycles. The zero-order chi connectivity index (χ0) is 16.9. The molecule has 0 saturated carbocycles. The molecule has 0 unspecified atom stereocenters. The van der Waals surface area contributed by atoms with Gasteiger partial charge in [-0.05, 0) is 30.5 Å². The highest BCUT2D eigenvalue weighted by atomic mass is 32.1. The molecular formula is C16H19FN4O2S. The summed E-state index contributed by atoms with van der Waals surface area (Å²) in [5, 5.41) is 21.4. The van der Waals surface area contributed by atoms with Crippen molar-refractivity contribution in [3.63, 3.8) is 0 Å². The molecule has 128 valence electrons. The summed E-state index contributed by atoms with van der Waals surface area (Å²) in [4.78, 5) is 14.3. The van der Waals surface area contributed by atoms with Crippen LogP contribution >= 0.6 is 11.3 Å². The number of amides is 1. The molecule has 0 radical (unpaired) electrons. The van der Waals surface area contributed by atoms with E-state index < -0.39 is 0 Å². The van der Waals surface area contributed by atoms with Crippen LogP contribution in [-0.2, 0) is 13.1 Å². The van der Waals surface area contributed by atoms with Gasteiger partial charge in [-0.3, -0.25) is 9.69 Å². The molecule has 6 nitrogen and oxygen atoms in total. The van der Waals surface area contributed by atoms with Gasteiger partial charge >= 0.3 is 0 Å². The van der Waals surface area contributed by atoms with Crippen LogP contribution in [0.5, 0.6) is 0 Å². The number of carbonyl (C=O) groups is 1. The van der Waals surface area contributed by atoms with E-state index in [9.17, 15) is 14.3 Å². The Bertz CT molecular complexity index is 684. The number of aliphatic hydroxyl groups is 1. The Kier molecular flexibility index (Phi) is 5.49. The predicted octanol–water partition coefficient (Wildman–Crippen LogP) is 1.56. The van der Waals surface area contributed by atoms with Crippen LogP contribution < -0.4 is 5.32 Å². The lowest BCUT2D eigenvalue weighted by atomic mass is 10.1. The number of aromatic nitrogens is 2. The Morgan fingerprint density at radius 1 is 1.29 bits per heavy atom. The maximum absolute atomic E-state index is 12.8. The van der Waals surface area contributed by atoms with E-state index in [4.69, 9.17) is 0 Å². The van der Waals surface area contributed by atoms with E-state index in [1.54, 1.807) is 12.1 Å². The van der Waals surface area contributed by atoms with Gasteiger partial charge in [0.05, 0.1) is 12.6 Å². The van der Waals surface area contributed by atoms with Gasteiger partial charge in [0.25, 0.3) is 5.91 Å². The molecule has 0 atom stereocenters. The van der Waals surface area contributed by atoms with Gasteiger partial charge in [0.1, 0.15) is 10.8 Å². The molecule has 1 fully saturated rings. The minimum Gasteiger partial charge on any atom is -0.393 e. The lowest BCUT2D eigenvalue weighted by molar-refractivity contribution is 0.0791. The number of hydrogen-bond acceptors (Lipinski definition) is 6. The van der Waals surface area contributed by atoms with Crippen LogP contribution in [0.2, 0.25) is 0 Å². The minimum absolute atomic E-state index is 0.205. The summed E-state index contributed by atoms with van der Waals surface area (Å²) in [6.45, 7) is 2.62. The number of halogens is 1. The minimum atomic E-state index is -0.302. The molecule has 0 spiro atoms. The fourth-order valence-corrected chi connectivity index (χ4v) is 3.34. The summed E-state index contributed by atoms with van der Waals surface area (Å²) in [6.07, 6.45) is 1.33. The quantitative estimate of drug-likeness (QED) is 0.856. The molecule has 1 aromatic heterocycles. The predicted molar refractivity (Wildman–Crippen MR) is 88.0 cm³/mol. The van der Waals surface area contributed by atoms with Gasteiger partial charge in [-0.15, -0.1) is 10.2 Å². The molecule has 24 heavy (non-hydrogen) atoms. The van der Waals surface area contributed by atoms with Crippen LogP contribution in [0.3, 0.4) is 0 Å². The largest absolute Gasteiger partial charge is 0.393 e. The van der Waals surface area contributed by atoms with Crippen molar-refractivity contribution in [3.8, 4) is 0 Å². The highest BCUT2D eigenvalue weighted by molar-refractivity contribution is 7.13. The molecule has 1 saturated heterocycles. The SMILES string of the molecule is O=C(NCc1ccc(F)cc1)c1nnc(CN2CCC(O)CC2)s1. The fourth-order valence-electron chi connectivity index (χ4n) is 2.54. The van der Waals surface area contributed by atoms with Crippen LogP contribution in [0, 0.1) is 5.82 Å². The first kappa shape index (κ1) is 16.9. The van der Waals surface area contributed by atoms with Crippen molar-refractivity contribution in [2.45, 2.75) is 32.0 Å². The summed E-state index contributed by atoms with van der Waals surface area (Å²) in [7, 11) is 0. The van der Waals surface area contributed by atoms with Crippen molar-refractivity contribution >= 4 is 17.2 Å². The van der Waals surface area contributed by atoms with Crippen LogP contribution in [0.15, 0.2) is 24.3 Å². The van der Waals surface area contributed by atoms with Crippen molar-refractivity contribution in [3.05, 3.63) is 45.7 Å². The number of nitrogens with zero attached hydrogens (tertiary/aromatic N) is 3. The average Bonchev–Trinajstić information content (AvgIpc) is 3.05. The molecular weight excluding hydrogens is 331 g/mol. The molecule has 2 heterocycles. The summed E-state index contributed by atoms with van der Waals surface area (Å²) in [6, 6.07) is 5.98. The van der Waals surface area contributed by atoms with Crippen LogP contribution in [0.4, 0.5) is 4.39 Å². The summed E-state index contributed by atoms with van der Waals surface area (Å²) in [5.41, 5.74) is 0.821. The molecule has 2 aromatic rings. The fraction of sp³-hybridized carbons (Fsp3) is 0.438. The van der Waals surface area contributed by atoms with Gasteiger partial charge < -0.3 is 10.4 Å². The Hall–Kier alpha value is -1.90.